The summed E-state index contributed by atoms with van der Waals surface area (Å²) in [4.78, 5) is 17.9. The molecule has 1 heterocycles. The summed E-state index contributed by atoms with van der Waals surface area (Å²) in [5.74, 6) is 2.07. The van der Waals surface area contributed by atoms with E-state index >= 15 is 0 Å². The second-order valence-corrected chi connectivity index (χ2v) is 8.08. The van der Waals surface area contributed by atoms with Gasteiger partial charge in [0.2, 0.25) is 5.91 Å². The predicted octanol–water partition coefficient (Wildman–Crippen LogP) is 4.57. The monoisotopic (exact) mass is 404 g/mol. The van der Waals surface area contributed by atoms with Crippen LogP contribution in [0, 0.1) is 0 Å². The zero-order chi connectivity index (χ0) is 19.1. The average molecular weight is 405 g/mol. The van der Waals surface area contributed by atoms with E-state index in [1.165, 1.54) is 4.90 Å². The van der Waals surface area contributed by atoms with E-state index in [2.05, 4.69) is 11.0 Å². The van der Waals surface area contributed by atoms with E-state index in [1.807, 2.05) is 47.4 Å². The van der Waals surface area contributed by atoms with Gasteiger partial charge in [-0.25, -0.2) is 0 Å². The Bertz CT molecular complexity index is 746. The Morgan fingerprint density at radius 2 is 1.85 bits per heavy atom. The number of nitrogens with zero attached hydrogens (tertiary/aromatic N) is 2. The summed E-state index contributed by atoms with van der Waals surface area (Å²) in [6.07, 6.45) is 1.50. The summed E-state index contributed by atoms with van der Waals surface area (Å²) in [5.41, 5.74) is 1.15. The number of rotatable bonds is 7. The van der Waals surface area contributed by atoms with Crippen LogP contribution in [0.3, 0.4) is 0 Å². The molecule has 0 N–H and O–H groups in total. The van der Waals surface area contributed by atoms with Crippen LogP contribution in [0.25, 0.3) is 0 Å². The third-order valence-electron chi connectivity index (χ3n) is 4.67. The molecule has 1 fully saturated rings. The van der Waals surface area contributed by atoms with Gasteiger partial charge >= 0.3 is 0 Å². The van der Waals surface area contributed by atoms with Crippen molar-refractivity contribution in [2.45, 2.75) is 17.7 Å². The number of benzene rings is 2. The first-order chi connectivity index (χ1) is 13.2. The topological polar surface area (TPSA) is 32.8 Å². The quantitative estimate of drug-likeness (QED) is 0.500. The molecular formula is C21H25ClN2O2S. The molecule has 27 heavy (non-hydrogen) atoms. The Kier molecular flexibility index (Phi) is 7.30. The maximum absolute atomic E-state index is 12.5. The Hall–Kier alpha value is -1.85. The molecule has 0 radical (unpaired) electrons. The number of carbonyl (C=O) groups excluding carboxylic acids is 1. The lowest BCUT2D eigenvalue weighted by atomic mass is 10.2. The summed E-state index contributed by atoms with van der Waals surface area (Å²) in [5, 5.41) is 0.752. The minimum absolute atomic E-state index is 0.261. The molecule has 1 amide bonds. The molecule has 0 bridgehead atoms. The molecule has 2 aromatic rings. The SMILES string of the molecule is COc1cccc(N2CCN(C(=O)CCCSc3ccc(Cl)cc3)CC2)c1. The summed E-state index contributed by atoms with van der Waals surface area (Å²) in [6, 6.07) is 15.9. The lowest BCUT2D eigenvalue weighted by molar-refractivity contribution is -0.131. The van der Waals surface area contributed by atoms with Crippen molar-refractivity contribution < 1.29 is 9.53 Å². The van der Waals surface area contributed by atoms with Gasteiger partial charge in [0.1, 0.15) is 5.75 Å². The molecular weight excluding hydrogens is 380 g/mol. The zero-order valence-corrected chi connectivity index (χ0v) is 17.1. The van der Waals surface area contributed by atoms with Gasteiger partial charge in [-0.15, -0.1) is 11.8 Å². The zero-order valence-electron chi connectivity index (χ0n) is 15.6. The van der Waals surface area contributed by atoms with Crippen LogP contribution < -0.4 is 9.64 Å². The van der Waals surface area contributed by atoms with Crippen LogP contribution in [0.5, 0.6) is 5.75 Å². The van der Waals surface area contributed by atoms with Crippen molar-refractivity contribution >= 4 is 35.0 Å². The number of amides is 1. The van der Waals surface area contributed by atoms with Crippen LogP contribution in [-0.2, 0) is 4.79 Å². The smallest absolute Gasteiger partial charge is 0.222 e. The van der Waals surface area contributed by atoms with E-state index in [-0.39, 0.29) is 5.91 Å². The van der Waals surface area contributed by atoms with E-state index in [0.29, 0.717) is 6.42 Å². The highest BCUT2D eigenvalue weighted by Crippen LogP contribution is 2.23. The highest BCUT2D eigenvalue weighted by atomic mass is 35.5. The molecule has 2 aromatic carbocycles. The van der Waals surface area contributed by atoms with Gasteiger partial charge in [-0.05, 0) is 48.6 Å². The molecule has 1 aliphatic rings. The summed E-state index contributed by atoms with van der Waals surface area (Å²) >= 11 is 7.67. The minimum atomic E-state index is 0.261. The summed E-state index contributed by atoms with van der Waals surface area (Å²) < 4.78 is 5.30. The van der Waals surface area contributed by atoms with Gasteiger partial charge in [0.05, 0.1) is 7.11 Å². The fraction of sp³-hybridized carbons (Fsp3) is 0.381. The largest absolute Gasteiger partial charge is 0.497 e. The predicted molar refractivity (Wildman–Crippen MR) is 113 cm³/mol. The molecule has 3 rings (SSSR count). The number of hydrogen-bond donors (Lipinski definition) is 0. The summed E-state index contributed by atoms with van der Waals surface area (Å²) in [6.45, 7) is 3.28. The van der Waals surface area contributed by atoms with Crippen LogP contribution in [0.15, 0.2) is 53.4 Å². The third-order valence-corrected chi connectivity index (χ3v) is 6.02. The lowest BCUT2D eigenvalue weighted by Gasteiger charge is -2.36. The van der Waals surface area contributed by atoms with Crippen molar-refractivity contribution in [1.29, 1.82) is 0 Å². The molecule has 1 saturated heterocycles. The van der Waals surface area contributed by atoms with Crippen LogP contribution in [-0.4, -0.2) is 49.8 Å². The number of methoxy groups -OCH3 is 1. The highest BCUT2D eigenvalue weighted by molar-refractivity contribution is 7.99. The van der Waals surface area contributed by atoms with Gasteiger partial charge in [0.15, 0.2) is 0 Å². The average Bonchev–Trinajstić information content (AvgIpc) is 2.72. The van der Waals surface area contributed by atoms with Crippen molar-refractivity contribution in [1.82, 2.24) is 4.90 Å². The number of hydrogen-bond acceptors (Lipinski definition) is 4. The molecule has 0 atom stereocenters. The first-order valence-electron chi connectivity index (χ1n) is 9.21. The molecule has 1 aliphatic heterocycles. The number of carbonyl (C=O) groups is 1. The second kappa shape index (κ2) is 9.90. The standard InChI is InChI=1S/C21H25ClN2O2S/c1-26-19-5-2-4-18(16-19)23-11-13-24(14-12-23)21(25)6-3-15-27-20-9-7-17(22)8-10-20/h2,4-5,7-10,16H,3,6,11-15H2,1H3. The molecule has 0 spiro atoms. The van der Waals surface area contributed by atoms with Crippen molar-refractivity contribution in [2.24, 2.45) is 0 Å². The van der Waals surface area contributed by atoms with Crippen molar-refractivity contribution in [3.8, 4) is 5.75 Å². The van der Waals surface area contributed by atoms with Gasteiger partial charge in [0, 0.05) is 54.3 Å². The van der Waals surface area contributed by atoms with Gasteiger partial charge in [-0.3, -0.25) is 4.79 Å². The van der Waals surface area contributed by atoms with Gasteiger partial charge in [-0.1, -0.05) is 17.7 Å². The van der Waals surface area contributed by atoms with Crippen LogP contribution >= 0.6 is 23.4 Å². The second-order valence-electron chi connectivity index (χ2n) is 6.48. The minimum Gasteiger partial charge on any atom is -0.497 e. The molecule has 144 valence electrons. The Balaban J connectivity index is 1.38. The molecule has 6 heteroatoms. The molecule has 0 aliphatic carbocycles. The van der Waals surface area contributed by atoms with Crippen molar-refractivity contribution in [3.63, 3.8) is 0 Å². The Morgan fingerprint density at radius 1 is 1.11 bits per heavy atom. The number of thioether (sulfide) groups is 1. The summed E-state index contributed by atoms with van der Waals surface area (Å²) in [7, 11) is 1.68. The van der Waals surface area contributed by atoms with E-state index in [9.17, 15) is 4.79 Å². The molecule has 4 nitrogen and oxygen atoms in total. The maximum atomic E-state index is 12.5. The van der Waals surface area contributed by atoms with E-state index in [4.69, 9.17) is 16.3 Å². The van der Waals surface area contributed by atoms with Crippen LogP contribution in [0.2, 0.25) is 5.02 Å². The van der Waals surface area contributed by atoms with E-state index in [1.54, 1.807) is 18.9 Å². The number of piperazine rings is 1. The van der Waals surface area contributed by atoms with Crippen molar-refractivity contribution in [2.75, 3.05) is 43.9 Å². The fourth-order valence-electron chi connectivity index (χ4n) is 3.12. The first-order valence-corrected chi connectivity index (χ1v) is 10.6. The van der Waals surface area contributed by atoms with E-state index in [0.717, 1.165) is 54.8 Å². The number of ether oxygens (including phenoxy) is 1. The maximum Gasteiger partial charge on any atom is 0.222 e. The number of anilines is 1. The highest BCUT2D eigenvalue weighted by Gasteiger charge is 2.21. The van der Waals surface area contributed by atoms with Gasteiger partial charge in [0.25, 0.3) is 0 Å². The van der Waals surface area contributed by atoms with Gasteiger partial charge in [-0.2, -0.15) is 0 Å². The Labute approximate surface area is 170 Å². The Morgan fingerprint density at radius 3 is 2.56 bits per heavy atom. The third kappa shape index (κ3) is 5.81. The van der Waals surface area contributed by atoms with Crippen LogP contribution in [0.4, 0.5) is 5.69 Å². The fourth-order valence-corrected chi connectivity index (χ4v) is 4.10. The van der Waals surface area contributed by atoms with E-state index < -0.39 is 0 Å². The molecule has 0 aromatic heterocycles. The molecule has 0 saturated carbocycles. The van der Waals surface area contributed by atoms with Gasteiger partial charge < -0.3 is 14.5 Å². The normalized spacial score (nSPS) is 14.3. The number of halogens is 1. The van der Waals surface area contributed by atoms with Crippen molar-refractivity contribution in [3.05, 3.63) is 53.6 Å². The first kappa shape index (κ1) is 19.9. The van der Waals surface area contributed by atoms with Crippen LogP contribution in [0.1, 0.15) is 12.8 Å². The lowest BCUT2D eigenvalue weighted by Crippen LogP contribution is -2.48. The molecule has 0 unspecified atom stereocenters.